The predicted molar refractivity (Wildman–Crippen MR) is 84.6 cm³/mol. The van der Waals surface area contributed by atoms with Crippen molar-refractivity contribution in [1.82, 2.24) is 15.4 Å². The van der Waals surface area contributed by atoms with E-state index in [0.29, 0.717) is 11.6 Å². The molecule has 0 radical (unpaired) electrons. The van der Waals surface area contributed by atoms with Crippen molar-refractivity contribution in [3.05, 3.63) is 46.2 Å². The van der Waals surface area contributed by atoms with Gasteiger partial charge in [0.1, 0.15) is 0 Å². The van der Waals surface area contributed by atoms with Crippen LogP contribution in [-0.2, 0) is 0 Å². The summed E-state index contributed by atoms with van der Waals surface area (Å²) in [5.41, 5.74) is 10.1. The first-order valence-electron chi connectivity index (χ1n) is 6.39. The Kier molecular flexibility index (Phi) is 3.47. The molecule has 1 aromatic carbocycles. The molecule has 6 heteroatoms. The SMILES string of the molecule is Cc1cc(-c2onc(N)c2-c2ccccc2Br)c(C)nn1. The summed E-state index contributed by atoms with van der Waals surface area (Å²) in [7, 11) is 0. The first kappa shape index (κ1) is 13.8. The topological polar surface area (TPSA) is 77.8 Å². The summed E-state index contributed by atoms with van der Waals surface area (Å²) in [5.74, 6) is 0.959. The average molecular weight is 345 g/mol. The second-order valence-electron chi connectivity index (χ2n) is 4.74. The van der Waals surface area contributed by atoms with E-state index in [1.807, 2.05) is 44.2 Å². The quantitative estimate of drug-likeness (QED) is 0.765. The van der Waals surface area contributed by atoms with Gasteiger partial charge in [0.2, 0.25) is 0 Å². The van der Waals surface area contributed by atoms with Crippen LogP contribution >= 0.6 is 15.9 Å². The molecule has 0 bridgehead atoms. The predicted octanol–water partition coefficient (Wildman–Crippen LogP) is 3.76. The molecule has 0 saturated carbocycles. The van der Waals surface area contributed by atoms with Gasteiger partial charge in [-0.05, 0) is 26.0 Å². The fourth-order valence-electron chi connectivity index (χ4n) is 2.19. The average Bonchev–Trinajstić information content (AvgIpc) is 2.84. The van der Waals surface area contributed by atoms with Crippen molar-refractivity contribution in [2.75, 3.05) is 5.73 Å². The van der Waals surface area contributed by atoms with Gasteiger partial charge in [-0.1, -0.05) is 39.3 Å². The van der Waals surface area contributed by atoms with Gasteiger partial charge in [-0.25, -0.2) is 0 Å². The van der Waals surface area contributed by atoms with E-state index in [1.54, 1.807) is 0 Å². The largest absolute Gasteiger partial charge is 0.380 e. The van der Waals surface area contributed by atoms with Crippen LogP contribution in [0.3, 0.4) is 0 Å². The molecule has 5 nitrogen and oxygen atoms in total. The second-order valence-corrected chi connectivity index (χ2v) is 5.59. The molecular formula is C15H13BrN4O. The zero-order valence-corrected chi connectivity index (χ0v) is 13.2. The molecule has 0 fully saturated rings. The van der Waals surface area contributed by atoms with Crippen LogP contribution in [0.15, 0.2) is 39.3 Å². The fraction of sp³-hybridized carbons (Fsp3) is 0.133. The van der Waals surface area contributed by atoms with Crippen LogP contribution in [0.4, 0.5) is 5.82 Å². The van der Waals surface area contributed by atoms with Crippen LogP contribution in [0.2, 0.25) is 0 Å². The summed E-state index contributed by atoms with van der Waals surface area (Å²) in [4.78, 5) is 0. The Labute approximate surface area is 130 Å². The molecule has 0 aliphatic rings. The first-order valence-corrected chi connectivity index (χ1v) is 7.18. The molecule has 0 amide bonds. The van der Waals surface area contributed by atoms with Crippen LogP contribution < -0.4 is 5.73 Å². The molecule has 0 unspecified atom stereocenters. The summed E-state index contributed by atoms with van der Waals surface area (Å²) in [6.07, 6.45) is 0. The molecule has 21 heavy (non-hydrogen) atoms. The van der Waals surface area contributed by atoms with E-state index in [2.05, 4.69) is 31.3 Å². The molecule has 0 saturated heterocycles. The van der Waals surface area contributed by atoms with E-state index in [9.17, 15) is 0 Å². The number of nitrogens with two attached hydrogens (primary N) is 1. The molecule has 3 aromatic rings. The molecule has 106 valence electrons. The maximum absolute atomic E-state index is 6.01. The number of aryl methyl sites for hydroxylation is 2. The summed E-state index contributed by atoms with van der Waals surface area (Å²) < 4.78 is 6.39. The third-order valence-electron chi connectivity index (χ3n) is 3.21. The molecule has 0 aliphatic carbocycles. The van der Waals surface area contributed by atoms with Gasteiger partial charge in [0.15, 0.2) is 11.6 Å². The lowest BCUT2D eigenvalue weighted by atomic mass is 10.0. The highest BCUT2D eigenvalue weighted by atomic mass is 79.9. The van der Waals surface area contributed by atoms with Crippen molar-refractivity contribution < 1.29 is 4.52 Å². The minimum absolute atomic E-state index is 0.353. The van der Waals surface area contributed by atoms with Gasteiger partial charge in [-0.2, -0.15) is 10.2 Å². The molecule has 2 N–H and O–H groups in total. The lowest BCUT2D eigenvalue weighted by molar-refractivity contribution is 0.435. The van der Waals surface area contributed by atoms with E-state index in [0.717, 1.165) is 32.6 Å². The Morgan fingerprint density at radius 3 is 2.62 bits per heavy atom. The van der Waals surface area contributed by atoms with Crippen LogP contribution in [-0.4, -0.2) is 15.4 Å². The van der Waals surface area contributed by atoms with Crippen LogP contribution in [0, 0.1) is 13.8 Å². The number of rotatable bonds is 2. The summed E-state index contributed by atoms with van der Waals surface area (Å²) in [6, 6.07) is 9.73. The van der Waals surface area contributed by atoms with E-state index < -0.39 is 0 Å². The van der Waals surface area contributed by atoms with Gasteiger partial charge in [-0.15, -0.1) is 0 Å². The molecule has 2 heterocycles. The zero-order chi connectivity index (χ0) is 15.0. The Bertz CT molecular complexity index is 813. The molecular weight excluding hydrogens is 332 g/mol. The van der Waals surface area contributed by atoms with Crippen molar-refractivity contribution in [1.29, 1.82) is 0 Å². The maximum atomic E-state index is 6.01. The lowest BCUT2D eigenvalue weighted by Crippen LogP contribution is -1.95. The first-order chi connectivity index (χ1) is 10.1. The molecule has 0 aliphatic heterocycles. The maximum Gasteiger partial charge on any atom is 0.178 e. The molecule has 0 atom stereocenters. The third-order valence-corrected chi connectivity index (χ3v) is 3.90. The monoisotopic (exact) mass is 344 g/mol. The smallest absolute Gasteiger partial charge is 0.178 e. The molecule has 0 spiro atoms. The highest BCUT2D eigenvalue weighted by Crippen LogP contribution is 2.40. The number of nitrogen functional groups attached to an aromatic ring is 1. The van der Waals surface area contributed by atoms with Crippen molar-refractivity contribution in [2.24, 2.45) is 0 Å². The highest BCUT2D eigenvalue weighted by molar-refractivity contribution is 9.10. The van der Waals surface area contributed by atoms with Crippen molar-refractivity contribution >= 4 is 21.7 Å². The van der Waals surface area contributed by atoms with Crippen LogP contribution in [0.25, 0.3) is 22.5 Å². The summed E-state index contributed by atoms with van der Waals surface area (Å²) >= 11 is 3.54. The Morgan fingerprint density at radius 1 is 1.10 bits per heavy atom. The number of hydrogen-bond acceptors (Lipinski definition) is 5. The molecule has 3 rings (SSSR count). The van der Waals surface area contributed by atoms with Gasteiger partial charge in [0.05, 0.1) is 17.0 Å². The summed E-state index contributed by atoms with van der Waals surface area (Å²) in [6.45, 7) is 3.76. The van der Waals surface area contributed by atoms with E-state index in [1.165, 1.54) is 0 Å². The van der Waals surface area contributed by atoms with Gasteiger partial charge in [-0.3, -0.25) is 0 Å². The van der Waals surface area contributed by atoms with E-state index in [-0.39, 0.29) is 0 Å². The van der Waals surface area contributed by atoms with Gasteiger partial charge in [0.25, 0.3) is 0 Å². The number of aromatic nitrogens is 3. The van der Waals surface area contributed by atoms with Crippen molar-refractivity contribution in [3.8, 4) is 22.5 Å². The number of anilines is 1. The van der Waals surface area contributed by atoms with Crippen molar-refractivity contribution in [3.63, 3.8) is 0 Å². The number of nitrogens with zero attached hydrogens (tertiary/aromatic N) is 3. The van der Waals surface area contributed by atoms with E-state index in [4.69, 9.17) is 10.3 Å². The summed E-state index contributed by atoms with van der Waals surface area (Å²) in [5, 5.41) is 12.1. The fourth-order valence-corrected chi connectivity index (χ4v) is 2.67. The van der Waals surface area contributed by atoms with Gasteiger partial charge in [0, 0.05) is 15.6 Å². The third kappa shape index (κ3) is 2.42. The lowest BCUT2D eigenvalue weighted by Gasteiger charge is -2.07. The zero-order valence-electron chi connectivity index (χ0n) is 11.6. The number of hydrogen-bond donors (Lipinski definition) is 1. The highest BCUT2D eigenvalue weighted by Gasteiger charge is 2.21. The second kappa shape index (κ2) is 5.29. The minimum atomic E-state index is 0.353. The van der Waals surface area contributed by atoms with Crippen LogP contribution in [0.5, 0.6) is 0 Å². The Morgan fingerprint density at radius 2 is 1.86 bits per heavy atom. The normalized spacial score (nSPS) is 10.8. The van der Waals surface area contributed by atoms with Crippen LogP contribution in [0.1, 0.15) is 11.4 Å². The van der Waals surface area contributed by atoms with Crippen molar-refractivity contribution in [2.45, 2.75) is 13.8 Å². The molecule has 2 aromatic heterocycles. The minimum Gasteiger partial charge on any atom is -0.380 e. The standard InChI is InChI=1S/C15H13BrN4O/c1-8-7-11(9(2)19-18-8)14-13(15(17)20-21-14)10-5-3-4-6-12(10)16/h3-7H,1-2H3,(H2,17,20). The van der Waals surface area contributed by atoms with Gasteiger partial charge >= 0.3 is 0 Å². The number of halogens is 1. The number of benzene rings is 1. The Balaban J connectivity index is 2.27. The van der Waals surface area contributed by atoms with Gasteiger partial charge < -0.3 is 10.3 Å². The van der Waals surface area contributed by atoms with E-state index >= 15 is 0 Å². The Hall–Kier alpha value is -2.21.